The van der Waals surface area contributed by atoms with Gasteiger partial charge in [-0.2, -0.15) is 0 Å². The van der Waals surface area contributed by atoms with E-state index in [9.17, 15) is 9.90 Å². The average molecular weight is 287 g/mol. The van der Waals surface area contributed by atoms with Gasteiger partial charge in [0.25, 0.3) is 0 Å². The smallest absolute Gasteiger partial charge is 0.338 e. The molecule has 0 radical (unpaired) electrons. The predicted molar refractivity (Wildman–Crippen MR) is 74.1 cm³/mol. The van der Waals surface area contributed by atoms with Crippen molar-refractivity contribution in [1.82, 2.24) is 15.0 Å². The molecular formula is C14H13N3O2S. The molecule has 0 bridgehead atoms. The van der Waals surface area contributed by atoms with Crippen LogP contribution in [0.4, 0.5) is 0 Å². The van der Waals surface area contributed by atoms with Crippen LogP contribution in [0, 0.1) is 6.92 Å². The first kappa shape index (κ1) is 13.1. The van der Waals surface area contributed by atoms with E-state index < -0.39 is 5.97 Å². The Balaban J connectivity index is 2.01. The molecule has 2 heterocycles. The number of hydrogen-bond donors (Lipinski definition) is 1. The van der Waals surface area contributed by atoms with Crippen molar-refractivity contribution >= 4 is 17.7 Å². The van der Waals surface area contributed by atoms with Gasteiger partial charge in [-0.05, 0) is 55.6 Å². The molecule has 0 spiro atoms. The lowest BCUT2D eigenvalue weighted by Gasteiger charge is -2.07. The third-order valence-electron chi connectivity index (χ3n) is 3.21. The summed E-state index contributed by atoms with van der Waals surface area (Å²) >= 11 is 1.21. The molecule has 0 unspecified atom stereocenters. The van der Waals surface area contributed by atoms with Crippen molar-refractivity contribution < 1.29 is 9.90 Å². The van der Waals surface area contributed by atoms with Gasteiger partial charge in [0.2, 0.25) is 0 Å². The number of aryl methyl sites for hydroxylation is 3. The van der Waals surface area contributed by atoms with Crippen LogP contribution in [-0.2, 0) is 12.8 Å². The number of rotatable bonds is 3. The normalized spacial score (nSPS) is 13.2. The highest BCUT2D eigenvalue weighted by Gasteiger charge is 2.21. The van der Waals surface area contributed by atoms with E-state index in [1.54, 1.807) is 18.3 Å². The van der Waals surface area contributed by atoms with E-state index in [2.05, 4.69) is 15.0 Å². The van der Waals surface area contributed by atoms with Crippen molar-refractivity contribution in [3.05, 3.63) is 40.8 Å². The number of aromatic carboxylic acids is 1. The molecule has 3 rings (SSSR count). The SMILES string of the molecule is Cc1ccnc(Sc2nc3c(cc2C(=O)O)CCC3)n1. The molecule has 1 aliphatic rings. The molecule has 102 valence electrons. The molecule has 0 aromatic carbocycles. The highest BCUT2D eigenvalue weighted by molar-refractivity contribution is 7.99. The van der Waals surface area contributed by atoms with E-state index in [1.165, 1.54) is 11.8 Å². The Morgan fingerprint density at radius 2 is 2.20 bits per heavy atom. The summed E-state index contributed by atoms with van der Waals surface area (Å²) in [6, 6.07) is 3.55. The van der Waals surface area contributed by atoms with Crippen LogP contribution < -0.4 is 0 Å². The van der Waals surface area contributed by atoms with Crippen LogP contribution in [0.25, 0.3) is 0 Å². The van der Waals surface area contributed by atoms with Crippen LogP contribution in [0.2, 0.25) is 0 Å². The Morgan fingerprint density at radius 1 is 1.35 bits per heavy atom. The molecule has 0 amide bonds. The molecule has 1 N–H and O–H groups in total. The van der Waals surface area contributed by atoms with Crippen molar-refractivity contribution in [2.75, 3.05) is 0 Å². The second-order valence-corrected chi connectivity index (χ2v) is 5.64. The van der Waals surface area contributed by atoms with Crippen LogP contribution in [0.1, 0.15) is 33.7 Å². The summed E-state index contributed by atoms with van der Waals surface area (Å²) in [4.78, 5) is 24.3. The highest BCUT2D eigenvalue weighted by atomic mass is 32.2. The maximum Gasteiger partial charge on any atom is 0.338 e. The number of carbonyl (C=O) groups is 1. The van der Waals surface area contributed by atoms with Crippen LogP contribution in [0.3, 0.4) is 0 Å². The number of hydrogen-bond acceptors (Lipinski definition) is 5. The van der Waals surface area contributed by atoms with Gasteiger partial charge in [-0.25, -0.2) is 19.7 Å². The second kappa shape index (κ2) is 5.20. The van der Waals surface area contributed by atoms with Crippen LogP contribution in [0.5, 0.6) is 0 Å². The van der Waals surface area contributed by atoms with Gasteiger partial charge in [-0.1, -0.05) is 0 Å². The fourth-order valence-corrected chi connectivity index (χ4v) is 3.13. The Morgan fingerprint density at radius 3 is 2.95 bits per heavy atom. The molecule has 0 saturated heterocycles. The van der Waals surface area contributed by atoms with E-state index in [1.807, 2.05) is 6.92 Å². The first-order chi connectivity index (χ1) is 9.63. The fourth-order valence-electron chi connectivity index (χ4n) is 2.25. The predicted octanol–water partition coefficient (Wildman–Crippen LogP) is 2.52. The number of carboxylic acids is 1. The lowest BCUT2D eigenvalue weighted by molar-refractivity contribution is 0.0692. The number of pyridine rings is 1. The zero-order valence-electron chi connectivity index (χ0n) is 11.0. The number of nitrogens with zero attached hydrogens (tertiary/aromatic N) is 3. The standard InChI is InChI=1S/C14H13N3O2S/c1-8-5-6-15-14(16-8)20-12-10(13(18)19)7-9-3-2-4-11(9)17-12/h5-7H,2-4H2,1H3,(H,18,19). The van der Waals surface area contributed by atoms with E-state index in [0.717, 1.165) is 36.2 Å². The van der Waals surface area contributed by atoms with Crippen molar-refractivity contribution in [2.24, 2.45) is 0 Å². The number of fused-ring (bicyclic) bond motifs is 1. The van der Waals surface area contributed by atoms with E-state index in [4.69, 9.17) is 0 Å². The quantitative estimate of drug-likeness (QED) is 0.874. The zero-order chi connectivity index (χ0) is 14.1. The lowest BCUT2D eigenvalue weighted by Crippen LogP contribution is -2.04. The molecule has 0 fully saturated rings. The molecule has 0 saturated carbocycles. The molecule has 0 atom stereocenters. The van der Waals surface area contributed by atoms with Crippen LogP contribution in [-0.4, -0.2) is 26.0 Å². The molecule has 20 heavy (non-hydrogen) atoms. The number of carboxylic acid groups (broad SMARTS) is 1. The summed E-state index contributed by atoms with van der Waals surface area (Å²) < 4.78 is 0. The highest BCUT2D eigenvalue weighted by Crippen LogP contribution is 2.31. The minimum Gasteiger partial charge on any atom is -0.478 e. The maximum atomic E-state index is 11.4. The summed E-state index contributed by atoms with van der Waals surface area (Å²) in [7, 11) is 0. The summed E-state index contributed by atoms with van der Waals surface area (Å²) in [5, 5.41) is 10.3. The first-order valence-electron chi connectivity index (χ1n) is 6.37. The third kappa shape index (κ3) is 2.51. The largest absolute Gasteiger partial charge is 0.478 e. The molecule has 2 aromatic heterocycles. The molecule has 1 aliphatic carbocycles. The van der Waals surface area contributed by atoms with E-state index >= 15 is 0 Å². The second-order valence-electron chi connectivity index (χ2n) is 4.69. The fraction of sp³-hybridized carbons (Fsp3) is 0.286. The zero-order valence-corrected chi connectivity index (χ0v) is 11.8. The minimum absolute atomic E-state index is 0.237. The third-order valence-corrected chi connectivity index (χ3v) is 4.09. The van der Waals surface area contributed by atoms with Gasteiger partial charge < -0.3 is 5.11 Å². The summed E-state index contributed by atoms with van der Waals surface area (Å²) in [5.41, 5.74) is 3.14. The van der Waals surface area contributed by atoms with Gasteiger partial charge in [0.05, 0.1) is 5.56 Å². The van der Waals surface area contributed by atoms with Crippen LogP contribution in [0.15, 0.2) is 28.5 Å². The topological polar surface area (TPSA) is 76.0 Å². The average Bonchev–Trinajstić information content (AvgIpc) is 2.84. The number of aromatic nitrogens is 3. The summed E-state index contributed by atoms with van der Waals surface area (Å²) in [6.45, 7) is 1.87. The van der Waals surface area contributed by atoms with Crippen molar-refractivity contribution in [3.63, 3.8) is 0 Å². The molecular weight excluding hydrogens is 274 g/mol. The summed E-state index contributed by atoms with van der Waals surface area (Å²) in [6.07, 6.45) is 4.53. The van der Waals surface area contributed by atoms with Crippen molar-refractivity contribution in [1.29, 1.82) is 0 Å². The van der Waals surface area contributed by atoms with Gasteiger partial charge in [0.15, 0.2) is 5.16 Å². The monoisotopic (exact) mass is 287 g/mol. The van der Waals surface area contributed by atoms with Crippen LogP contribution >= 0.6 is 11.8 Å². The molecule has 0 aliphatic heterocycles. The van der Waals surface area contributed by atoms with Gasteiger partial charge in [-0.15, -0.1) is 0 Å². The Labute approximate surface area is 120 Å². The van der Waals surface area contributed by atoms with Gasteiger partial charge >= 0.3 is 5.97 Å². The minimum atomic E-state index is -0.956. The van der Waals surface area contributed by atoms with Gasteiger partial charge in [0.1, 0.15) is 5.03 Å². The van der Waals surface area contributed by atoms with E-state index in [0.29, 0.717) is 10.2 Å². The first-order valence-corrected chi connectivity index (χ1v) is 7.19. The van der Waals surface area contributed by atoms with E-state index in [-0.39, 0.29) is 5.56 Å². The molecule has 2 aromatic rings. The van der Waals surface area contributed by atoms with Gasteiger partial charge in [0, 0.05) is 17.6 Å². The Bertz CT molecular complexity index is 688. The Kier molecular flexibility index (Phi) is 3.40. The molecule has 6 heteroatoms. The lowest BCUT2D eigenvalue weighted by atomic mass is 10.1. The molecule has 5 nitrogen and oxygen atoms in total. The Hall–Kier alpha value is -1.95. The summed E-state index contributed by atoms with van der Waals surface area (Å²) in [5.74, 6) is -0.956. The maximum absolute atomic E-state index is 11.4. The van der Waals surface area contributed by atoms with Gasteiger partial charge in [-0.3, -0.25) is 0 Å². The van der Waals surface area contributed by atoms with Crippen molar-refractivity contribution in [3.8, 4) is 0 Å². The van der Waals surface area contributed by atoms with Crippen molar-refractivity contribution in [2.45, 2.75) is 36.4 Å².